The molecule has 27 heavy (non-hydrogen) atoms. The molecule has 2 aromatic rings. The fourth-order valence-corrected chi connectivity index (χ4v) is 6.11. The number of hydrogen-bond donors (Lipinski definition) is 0. The number of benzene rings is 1. The Hall–Kier alpha value is -2.07. The second-order valence-corrected chi connectivity index (χ2v) is 9.61. The molecule has 0 aliphatic carbocycles. The SMILES string of the molecule is O=C1C[C@@H](N2CCN(S(=O)(=O)c3cccs3)CC2)C(=O)N1c1ccccc1. The van der Waals surface area contributed by atoms with Crippen LogP contribution in [0.4, 0.5) is 5.69 Å². The number of carbonyl (C=O) groups is 2. The van der Waals surface area contributed by atoms with Gasteiger partial charge >= 0.3 is 0 Å². The van der Waals surface area contributed by atoms with Gasteiger partial charge in [-0.25, -0.2) is 13.3 Å². The molecular formula is C18H19N3O4S2. The van der Waals surface area contributed by atoms with Crippen LogP contribution in [0.25, 0.3) is 0 Å². The standard InChI is InChI=1S/C18H19N3O4S2/c22-16-13-15(18(23)21(16)14-5-2-1-3-6-14)19-8-10-20(11-9-19)27(24,25)17-7-4-12-26-17/h1-7,12,15H,8-11,13H2/t15-/m1/s1. The van der Waals surface area contributed by atoms with Crippen molar-refractivity contribution in [2.24, 2.45) is 0 Å². The molecule has 3 heterocycles. The largest absolute Gasteiger partial charge is 0.289 e. The van der Waals surface area contributed by atoms with Crippen LogP contribution in [-0.2, 0) is 19.6 Å². The van der Waals surface area contributed by atoms with E-state index < -0.39 is 16.1 Å². The van der Waals surface area contributed by atoms with Crippen molar-refractivity contribution >= 4 is 38.9 Å². The van der Waals surface area contributed by atoms with Crippen LogP contribution in [-0.4, -0.2) is 61.7 Å². The van der Waals surface area contributed by atoms with Gasteiger partial charge in [0, 0.05) is 26.2 Å². The summed E-state index contributed by atoms with van der Waals surface area (Å²) < 4.78 is 27.0. The number of nitrogens with zero attached hydrogens (tertiary/aromatic N) is 3. The zero-order valence-corrected chi connectivity index (χ0v) is 16.2. The fourth-order valence-electron chi connectivity index (χ4n) is 3.54. The molecular weight excluding hydrogens is 386 g/mol. The van der Waals surface area contributed by atoms with Gasteiger partial charge in [0.15, 0.2) is 0 Å². The third-order valence-electron chi connectivity index (χ3n) is 4.94. The minimum Gasteiger partial charge on any atom is -0.289 e. The van der Waals surface area contributed by atoms with Crippen molar-refractivity contribution in [3.8, 4) is 0 Å². The molecule has 2 saturated heterocycles. The number of sulfonamides is 1. The lowest BCUT2D eigenvalue weighted by atomic mass is 10.2. The number of carbonyl (C=O) groups excluding carboxylic acids is 2. The van der Waals surface area contributed by atoms with Crippen molar-refractivity contribution in [3.05, 3.63) is 47.8 Å². The van der Waals surface area contributed by atoms with Gasteiger partial charge < -0.3 is 0 Å². The summed E-state index contributed by atoms with van der Waals surface area (Å²) >= 11 is 1.20. The Labute approximate surface area is 161 Å². The first-order valence-electron chi connectivity index (χ1n) is 8.68. The lowest BCUT2D eigenvalue weighted by Crippen LogP contribution is -2.53. The number of rotatable bonds is 4. The molecule has 2 amide bonds. The van der Waals surface area contributed by atoms with Gasteiger partial charge in [0.1, 0.15) is 4.21 Å². The minimum atomic E-state index is -3.48. The van der Waals surface area contributed by atoms with Crippen molar-refractivity contribution in [1.29, 1.82) is 0 Å². The number of amides is 2. The number of anilines is 1. The van der Waals surface area contributed by atoms with E-state index >= 15 is 0 Å². The van der Waals surface area contributed by atoms with Crippen molar-refractivity contribution in [2.45, 2.75) is 16.7 Å². The Bertz CT molecular complexity index is 936. The molecule has 2 aliphatic rings. The van der Waals surface area contributed by atoms with E-state index in [0.29, 0.717) is 36.1 Å². The molecule has 4 rings (SSSR count). The first-order valence-corrected chi connectivity index (χ1v) is 11.0. The van der Waals surface area contributed by atoms with Crippen molar-refractivity contribution < 1.29 is 18.0 Å². The zero-order valence-electron chi connectivity index (χ0n) is 14.5. The Morgan fingerprint density at radius 1 is 0.926 bits per heavy atom. The van der Waals surface area contributed by atoms with Crippen LogP contribution in [0.2, 0.25) is 0 Å². The number of thiophene rings is 1. The lowest BCUT2D eigenvalue weighted by Gasteiger charge is -2.36. The van der Waals surface area contributed by atoms with Gasteiger partial charge in [-0.1, -0.05) is 24.3 Å². The molecule has 0 N–H and O–H groups in total. The molecule has 2 aliphatic heterocycles. The first kappa shape index (κ1) is 18.3. The van der Waals surface area contributed by atoms with Crippen molar-refractivity contribution in [3.63, 3.8) is 0 Å². The summed E-state index contributed by atoms with van der Waals surface area (Å²) in [4.78, 5) is 28.4. The van der Waals surface area contributed by atoms with E-state index in [4.69, 9.17) is 0 Å². The van der Waals surface area contributed by atoms with E-state index in [9.17, 15) is 18.0 Å². The first-order chi connectivity index (χ1) is 13.0. The Kier molecular flexibility index (Phi) is 4.85. The maximum Gasteiger partial charge on any atom is 0.252 e. The van der Waals surface area contributed by atoms with E-state index in [0.717, 1.165) is 0 Å². The highest BCUT2D eigenvalue weighted by Crippen LogP contribution is 2.27. The minimum absolute atomic E-state index is 0.130. The lowest BCUT2D eigenvalue weighted by molar-refractivity contribution is -0.123. The predicted molar refractivity (Wildman–Crippen MR) is 102 cm³/mol. The molecule has 2 fully saturated rings. The maximum atomic E-state index is 12.8. The summed E-state index contributed by atoms with van der Waals surface area (Å²) in [5.41, 5.74) is 0.578. The van der Waals surface area contributed by atoms with E-state index in [2.05, 4.69) is 0 Å². The van der Waals surface area contributed by atoms with E-state index in [1.165, 1.54) is 20.5 Å². The summed E-state index contributed by atoms with van der Waals surface area (Å²) in [6.45, 7) is 1.47. The molecule has 9 heteroatoms. The summed E-state index contributed by atoms with van der Waals surface area (Å²) in [5, 5.41) is 1.74. The average Bonchev–Trinajstić information content (AvgIpc) is 3.31. The molecule has 0 unspecified atom stereocenters. The molecule has 0 spiro atoms. The molecule has 0 saturated carbocycles. The number of piperazine rings is 1. The van der Waals surface area contributed by atoms with Crippen LogP contribution in [0.5, 0.6) is 0 Å². The zero-order chi connectivity index (χ0) is 19.0. The molecule has 142 valence electrons. The molecule has 7 nitrogen and oxygen atoms in total. The van der Waals surface area contributed by atoms with Crippen LogP contribution in [0.15, 0.2) is 52.1 Å². The number of imide groups is 1. The highest BCUT2D eigenvalue weighted by atomic mass is 32.2. The highest BCUT2D eigenvalue weighted by molar-refractivity contribution is 7.91. The Balaban J connectivity index is 1.45. The molecule has 1 atom stereocenters. The van der Waals surface area contributed by atoms with E-state index in [1.54, 1.807) is 41.8 Å². The number of hydrogen-bond acceptors (Lipinski definition) is 6. The van der Waals surface area contributed by atoms with Gasteiger partial charge in [0.2, 0.25) is 5.91 Å². The van der Waals surface area contributed by atoms with Crippen LogP contribution in [0.1, 0.15) is 6.42 Å². The molecule has 1 aromatic heterocycles. The Morgan fingerprint density at radius 3 is 2.26 bits per heavy atom. The smallest absolute Gasteiger partial charge is 0.252 e. The normalized spacial score (nSPS) is 22.5. The van der Waals surface area contributed by atoms with Crippen LogP contribution in [0.3, 0.4) is 0 Å². The summed E-state index contributed by atoms with van der Waals surface area (Å²) in [6, 6.07) is 11.7. The van der Waals surface area contributed by atoms with Crippen LogP contribution in [0, 0.1) is 0 Å². The Morgan fingerprint density at radius 2 is 1.63 bits per heavy atom. The third kappa shape index (κ3) is 3.31. The van der Waals surface area contributed by atoms with Crippen molar-refractivity contribution in [1.82, 2.24) is 9.21 Å². The summed E-state index contributed by atoms with van der Waals surface area (Å²) in [6.07, 6.45) is 0.130. The average molecular weight is 406 g/mol. The molecule has 0 radical (unpaired) electrons. The summed E-state index contributed by atoms with van der Waals surface area (Å²) in [5.74, 6) is -0.453. The van der Waals surface area contributed by atoms with Gasteiger partial charge in [-0.2, -0.15) is 4.31 Å². The monoisotopic (exact) mass is 405 g/mol. The number of para-hydroxylation sites is 1. The fraction of sp³-hybridized carbons (Fsp3) is 0.333. The van der Waals surface area contributed by atoms with E-state index in [1.807, 2.05) is 11.0 Å². The van der Waals surface area contributed by atoms with Gasteiger partial charge in [-0.3, -0.25) is 14.5 Å². The third-order valence-corrected chi connectivity index (χ3v) is 8.21. The van der Waals surface area contributed by atoms with Crippen molar-refractivity contribution in [2.75, 3.05) is 31.1 Å². The quantitative estimate of drug-likeness (QED) is 0.719. The molecule has 0 bridgehead atoms. The maximum absolute atomic E-state index is 12.8. The highest BCUT2D eigenvalue weighted by Gasteiger charge is 2.44. The van der Waals surface area contributed by atoms with Gasteiger partial charge in [-0.05, 0) is 23.6 Å². The van der Waals surface area contributed by atoms with E-state index in [-0.39, 0.29) is 18.2 Å². The molecule has 1 aromatic carbocycles. The second kappa shape index (κ2) is 7.16. The van der Waals surface area contributed by atoms with Gasteiger partial charge in [-0.15, -0.1) is 11.3 Å². The summed E-state index contributed by atoms with van der Waals surface area (Å²) in [7, 11) is -3.48. The van der Waals surface area contributed by atoms with Crippen LogP contribution < -0.4 is 4.90 Å². The predicted octanol–water partition coefficient (Wildman–Crippen LogP) is 1.39. The van der Waals surface area contributed by atoms with Gasteiger partial charge in [0.05, 0.1) is 18.2 Å². The van der Waals surface area contributed by atoms with Crippen LogP contribution >= 0.6 is 11.3 Å². The topological polar surface area (TPSA) is 78.0 Å². The van der Waals surface area contributed by atoms with Gasteiger partial charge in [0.25, 0.3) is 15.9 Å². The second-order valence-electron chi connectivity index (χ2n) is 6.49.